The number of carbonyl (C=O) groups is 2. The Morgan fingerprint density at radius 3 is 1.72 bits per heavy atom. The number of urea groups is 2. The number of anilines is 2. The van der Waals surface area contributed by atoms with E-state index in [1.54, 1.807) is 0 Å². The van der Waals surface area contributed by atoms with Gasteiger partial charge >= 0.3 is 12.1 Å². The highest BCUT2D eigenvalue weighted by atomic mass is 16.2. The molecule has 2 fully saturated rings. The molecule has 6 nitrogen and oxygen atoms in total. The van der Waals surface area contributed by atoms with E-state index in [0.29, 0.717) is 5.69 Å². The number of rotatable bonds is 4. The molecule has 160 valence electrons. The van der Waals surface area contributed by atoms with Gasteiger partial charge in [0.15, 0.2) is 0 Å². The predicted molar refractivity (Wildman–Crippen MR) is 118 cm³/mol. The van der Waals surface area contributed by atoms with Gasteiger partial charge in [-0.15, -0.1) is 0 Å². The van der Waals surface area contributed by atoms with Gasteiger partial charge in [-0.1, -0.05) is 57.4 Å². The molecule has 3 rings (SSSR count). The second kappa shape index (κ2) is 11.1. The Balaban J connectivity index is 1.52. The Morgan fingerprint density at radius 1 is 0.724 bits per heavy atom. The van der Waals surface area contributed by atoms with E-state index < -0.39 is 0 Å². The zero-order valence-corrected chi connectivity index (χ0v) is 17.7. The molecule has 2 saturated carbocycles. The first-order valence-electron chi connectivity index (χ1n) is 11.4. The number of aryl methyl sites for hydroxylation is 1. The minimum Gasteiger partial charge on any atom is -0.335 e. The summed E-state index contributed by atoms with van der Waals surface area (Å²) in [4.78, 5) is 24.8. The molecule has 2 aliphatic rings. The van der Waals surface area contributed by atoms with Gasteiger partial charge in [-0.25, -0.2) is 9.59 Å². The van der Waals surface area contributed by atoms with Gasteiger partial charge < -0.3 is 21.3 Å². The molecule has 4 amide bonds. The molecule has 0 heterocycles. The van der Waals surface area contributed by atoms with E-state index >= 15 is 0 Å². The van der Waals surface area contributed by atoms with Gasteiger partial charge in [0, 0.05) is 23.5 Å². The Morgan fingerprint density at radius 2 is 1.21 bits per heavy atom. The molecule has 0 aliphatic heterocycles. The van der Waals surface area contributed by atoms with Crippen molar-refractivity contribution in [2.75, 3.05) is 10.6 Å². The van der Waals surface area contributed by atoms with Crippen molar-refractivity contribution < 1.29 is 9.59 Å². The van der Waals surface area contributed by atoms with Gasteiger partial charge in [-0.2, -0.15) is 0 Å². The van der Waals surface area contributed by atoms with Crippen LogP contribution in [0.5, 0.6) is 0 Å². The second-order valence-corrected chi connectivity index (χ2v) is 8.60. The van der Waals surface area contributed by atoms with Crippen molar-refractivity contribution in [1.82, 2.24) is 10.6 Å². The van der Waals surface area contributed by atoms with Crippen molar-refractivity contribution >= 4 is 23.4 Å². The summed E-state index contributed by atoms with van der Waals surface area (Å²) in [5.41, 5.74) is 2.38. The number of benzene rings is 1. The first-order chi connectivity index (χ1) is 14.1. The summed E-state index contributed by atoms with van der Waals surface area (Å²) in [6, 6.07) is 5.79. The summed E-state index contributed by atoms with van der Waals surface area (Å²) in [7, 11) is 0. The van der Waals surface area contributed by atoms with Gasteiger partial charge in [0.05, 0.1) is 0 Å². The van der Waals surface area contributed by atoms with E-state index in [0.717, 1.165) is 36.9 Å². The summed E-state index contributed by atoms with van der Waals surface area (Å²) in [5.74, 6) is 0. The second-order valence-electron chi connectivity index (χ2n) is 8.60. The van der Waals surface area contributed by atoms with Crippen LogP contribution in [0.15, 0.2) is 18.2 Å². The highest BCUT2D eigenvalue weighted by molar-refractivity contribution is 5.93. The number of hydrogen-bond acceptors (Lipinski definition) is 2. The Hall–Kier alpha value is -2.24. The fourth-order valence-corrected chi connectivity index (χ4v) is 4.38. The van der Waals surface area contributed by atoms with E-state index in [9.17, 15) is 9.59 Å². The third-order valence-electron chi connectivity index (χ3n) is 6.12. The Bertz CT molecular complexity index is 675. The summed E-state index contributed by atoms with van der Waals surface area (Å²) in [6.45, 7) is 1.96. The molecule has 0 atom stereocenters. The fraction of sp³-hybridized carbons (Fsp3) is 0.652. The van der Waals surface area contributed by atoms with Crippen molar-refractivity contribution in [2.45, 2.75) is 96.1 Å². The molecule has 6 heteroatoms. The Labute approximate surface area is 174 Å². The fourth-order valence-electron chi connectivity index (χ4n) is 4.38. The number of nitrogens with one attached hydrogen (secondary N) is 4. The van der Waals surface area contributed by atoms with E-state index in [-0.39, 0.29) is 24.1 Å². The summed E-state index contributed by atoms with van der Waals surface area (Å²) in [6.07, 6.45) is 14.0. The average molecular weight is 401 g/mol. The first-order valence-corrected chi connectivity index (χ1v) is 11.4. The van der Waals surface area contributed by atoms with Gasteiger partial charge in [-0.05, 0) is 50.3 Å². The van der Waals surface area contributed by atoms with E-state index in [2.05, 4.69) is 21.3 Å². The van der Waals surface area contributed by atoms with Crippen LogP contribution in [-0.4, -0.2) is 24.1 Å². The maximum atomic E-state index is 12.5. The molecule has 0 unspecified atom stereocenters. The highest BCUT2D eigenvalue weighted by Gasteiger charge is 2.17. The number of hydrogen-bond donors (Lipinski definition) is 4. The van der Waals surface area contributed by atoms with Crippen LogP contribution in [0.3, 0.4) is 0 Å². The van der Waals surface area contributed by atoms with Crippen LogP contribution in [0, 0.1) is 6.92 Å². The van der Waals surface area contributed by atoms with Crippen LogP contribution in [0.25, 0.3) is 0 Å². The van der Waals surface area contributed by atoms with Crippen LogP contribution in [0.2, 0.25) is 0 Å². The smallest absolute Gasteiger partial charge is 0.319 e. The van der Waals surface area contributed by atoms with Crippen LogP contribution < -0.4 is 21.3 Å². The molecule has 0 spiro atoms. The van der Waals surface area contributed by atoms with Crippen molar-refractivity contribution in [2.24, 2.45) is 0 Å². The first kappa shape index (κ1) is 21.5. The minimum atomic E-state index is -0.172. The summed E-state index contributed by atoms with van der Waals surface area (Å²) in [5, 5.41) is 12.1. The molecule has 0 saturated heterocycles. The molecule has 29 heavy (non-hydrogen) atoms. The summed E-state index contributed by atoms with van der Waals surface area (Å²) >= 11 is 0. The SMILES string of the molecule is Cc1ccc(NC(=O)NC2CCCCCC2)cc1NC(=O)NC1CCCCCC1. The quantitative estimate of drug-likeness (QED) is 0.490. The van der Waals surface area contributed by atoms with Crippen molar-refractivity contribution in [1.29, 1.82) is 0 Å². The van der Waals surface area contributed by atoms with Crippen molar-refractivity contribution in [3.8, 4) is 0 Å². The third-order valence-corrected chi connectivity index (χ3v) is 6.12. The zero-order valence-electron chi connectivity index (χ0n) is 17.7. The molecule has 0 bridgehead atoms. The maximum absolute atomic E-state index is 12.5. The maximum Gasteiger partial charge on any atom is 0.319 e. The minimum absolute atomic E-state index is 0.167. The molecule has 0 aromatic heterocycles. The number of amides is 4. The Kier molecular flexibility index (Phi) is 8.20. The molecule has 1 aromatic rings. The van der Waals surface area contributed by atoms with E-state index in [1.165, 1.54) is 51.4 Å². The molecular formula is C23H36N4O2. The topological polar surface area (TPSA) is 82.3 Å². The van der Waals surface area contributed by atoms with E-state index in [4.69, 9.17) is 0 Å². The standard InChI is InChI=1S/C23H36N4O2/c1-17-14-15-20(26-22(28)24-18-10-6-2-3-7-11-18)16-21(17)27-23(29)25-19-12-8-4-5-9-13-19/h14-16,18-19H,2-13H2,1H3,(H2,24,26,28)(H2,25,27,29). The lowest BCUT2D eigenvalue weighted by atomic mass is 10.1. The molecular weight excluding hydrogens is 364 g/mol. The normalized spacial score (nSPS) is 18.9. The molecule has 1 aromatic carbocycles. The third kappa shape index (κ3) is 7.26. The largest absolute Gasteiger partial charge is 0.335 e. The average Bonchev–Trinajstić information content (AvgIpc) is 3.09. The van der Waals surface area contributed by atoms with Crippen molar-refractivity contribution in [3.63, 3.8) is 0 Å². The lowest BCUT2D eigenvalue weighted by molar-refractivity contribution is 0.246. The van der Waals surface area contributed by atoms with Gasteiger partial charge in [0.25, 0.3) is 0 Å². The number of carbonyl (C=O) groups excluding carboxylic acids is 2. The van der Waals surface area contributed by atoms with Gasteiger partial charge in [0.1, 0.15) is 0 Å². The van der Waals surface area contributed by atoms with Gasteiger partial charge in [-0.3, -0.25) is 0 Å². The van der Waals surface area contributed by atoms with Crippen LogP contribution >= 0.6 is 0 Å². The summed E-state index contributed by atoms with van der Waals surface area (Å²) < 4.78 is 0. The van der Waals surface area contributed by atoms with E-state index in [1.807, 2.05) is 25.1 Å². The van der Waals surface area contributed by atoms with Crippen LogP contribution in [-0.2, 0) is 0 Å². The molecule has 4 N–H and O–H groups in total. The van der Waals surface area contributed by atoms with Gasteiger partial charge in [0.2, 0.25) is 0 Å². The lowest BCUT2D eigenvalue weighted by Gasteiger charge is -2.19. The highest BCUT2D eigenvalue weighted by Crippen LogP contribution is 2.22. The lowest BCUT2D eigenvalue weighted by Crippen LogP contribution is -2.38. The molecule has 2 aliphatic carbocycles. The molecule has 0 radical (unpaired) electrons. The van der Waals surface area contributed by atoms with Crippen molar-refractivity contribution in [3.05, 3.63) is 23.8 Å². The van der Waals surface area contributed by atoms with Crippen LogP contribution in [0.4, 0.5) is 21.0 Å². The van der Waals surface area contributed by atoms with Crippen LogP contribution in [0.1, 0.15) is 82.6 Å². The monoisotopic (exact) mass is 400 g/mol. The zero-order chi connectivity index (χ0) is 20.5. The predicted octanol–water partition coefficient (Wildman–Crippen LogP) is 5.68.